The quantitative estimate of drug-likeness (QED) is 0.493. The third kappa shape index (κ3) is 4.48. The summed E-state index contributed by atoms with van der Waals surface area (Å²) >= 11 is 0. The van der Waals surface area contributed by atoms with Gasteiger partial charge in [-0.15, -0.1) is 0 Å². The van der Waals surface area contributed by atoms with Gasteiger partial charge in [0.05, 0.1) is 6.04 Å². The molecule has 0 aromatic heterocycles. The van der Waals surface area contributed by atoms with Gasteiger partial charge in [-0.3, -0.25) is 4.99 Å². The third-order valence-electron chi connectivity index (χ3n) is 3.28. The van der Waals surface area contributed by atoms with Gasteiger partial charge < -0.3 is 0 Å². The Morgan fingerprint density at radius 1 is 1.39 bits per heavy atom. The molecule has 0 spiro atoms. The highest BCUT2D eigenvalue weighted by molar-refractivity contribution is 5.84. The molecule has 1 unspecified atom stereocenters. The minimum atomic E-state index is 0.339. The normalized spacial score (nSPS) is 21.9. The first-order chi connectivity index (χ1) is 8.54. The molecule has 1 nitrogen and oxygen atoms in total. The van der Waals surface area contributed by atoms with Crippen molar-refractivity contribution in [3.63, 3.8) is 0 Å². The van der Waals surface area contributed by atoms with Crippen molar-refractivity contribution in [1.82, 2.24) is 0 Å². The molecule has 1 heteroatoms. The van der Waals surface area contributed by atoms with Crippen LogP contribution < -0.4 is 0 Å². The maximum Gasteiger partial charge on any atom is 0.0743 e. The van der Waals surface area contributed by atoms with Crippen LogP contribution >= 0.6 is 0 Å². The van der Waals surface area contributed by atoms with E-state index in [-0.39, 0.29) is 0 Å². The second-order valence-electron chi connectivity index (χ2n) is 5.15. The Morgan fingerprint density at radius 2 is 2.11 bits per heavy atom. The number of hydrogen-bond donors (Lipinski definition) is 0. The Bertz CT molecular complexity index is 417. The highest BCUT2D eigenvalue weighted by Gasteiger charge is 2.13. The van der Waals surface area contributed by atoms with Crippen molar-refractivity contribution in [1.29, 1.82) is 0 Å². The standard InChI is InChI=1S/C17H25N/c1-6-7-8-9-16-10-11-17(14(4)12-16)18-15(5)13(2)3/h6-10,12-13,17H,11H2,1-5H3/b7-6-,9-8-,18-15?. The lowest BCUT2D eigenvalue weighted by Gasteiger charge is -2.18. The zero-order chi connectivity index (χ0) is 13.5. The van der Waals surface area contributed by atoms with Crippen LogP contribution in [0.3, 0.4) is 0 Å². The number of rotatable bonds is 4. The SMILES string of the molecule is C/C=C\C=C/C1=CCC(N=C(C)C(C)C)C(C)=C1. The van der Waals surface area contributed by atoms with Gasteiger partial charge in [-0.05, 0) is 44.3 Å². The number of aliphatic imine (C=N–C) groups is 1. The predicted octanol–water partition coefficient (Wildman–Crippen LogP) is 4.88. The van der Waals surface area contributed by atoms with E-state index in [2.05, 4.69) is 58.1 Å². The molecule has 1 aliphatic carbocycles. The van der Waals surface area contributed by atoms with Crippen molar-refractivity contribution in [2.24, 2.45) is 10.9 Å². The van der Waals surface area contributed by atoms with Gasteiger partial charge in [0.25, 0.3) is 0 Å². The Labute approximate surface area is 112 Å². The van der Waals surface area contributed by atoms with Crippen LogP contribution in [-0.4, -0.2) is 11.8 Å². The van der Waals surface area contributed by atoms with Gasteiger partial charge in [0.15, 0.2) is 0 Å². The van der Waals surface area contributed by atoms with Gasteiger partial charge in [-0.2, -0.15) is 0 Å². The summed E-state index contributed by atoms with van der Waals surface area (Å²) in [5, 5.41) is 0. The summed E-state index contributed by atoms with van der Waals surface area (Å²) in [4.78, 5) is 4.81. The van der Waals surface area contributed by atoms with E-state index >= 15 is 0 Å². The van der Waals surface area contributed by atoms with Crippen molar-refractivity contribution in [2.75, 3.05) is 0 Å². The molecule has 0 aliphatic heterocycles. The van der Waals surface area contributed by atoms with E-state index in [4.69, 9.17) is 4.99 Å². The first-order valence-electron chi connectivity index (χ1n) is 6.76. The highest BCUT2D eigenvalue weighted by atomic mass is 14.8. The molecule has 0 saturated heterocycles. The van der Waals surface area contributed by atoms with Crippen molar-refractivity contribution in [3.05, 3.63) is 47.6 Å². The average Bonchev–Trinajstić information content (AvgIpc) is 2.32. The van der Waals surface area contributed by atoms with E-state index in [1.807, 2.05) is 13.0 Å². The van der Waals surface area contributed by atoms with Gasteiger partial charge >= 0.3 is 0 Å². The Kier molecular flexibility index (Phi) is 5.84. The van der Waals surface area contributed by atoms with Crippen LogP contribution in [0.1, 0.15) is 41.0 Å². The molecule has 0 saturated carbocycles. The van der Waals surface area contributed by atoms with E-state index in [1.165, 1.54) is 16.9 Å². The maximum absolute atomic E-state index is 4.81. The minimum absolute atomic E-state index is 0.339. The first-order valence-corrected chi connectivity index (χ1v) is 6.76. The fourth-order valence-electron chi connectivity index (χ4n) is 1.79. The van der Waals surface area contributed by atoms with Crippen LogP contribution in [0.5, 0.6) is 0 Å². The van der Waals surface area contributed by atoms with Gasteiger partial charge in [-0.25, -0.2) is 0 Å². The van der Waals surface area contributed by atoms with E-state index in [1.54, 1.807) is 0 Å². The zero-order valence-corrected chi connectivity index (χ0v) is 12.3. The van der Waals surface area contributed by atoms with Gasteiger partial charge in [-0.1, -0.05) is 50.3 Å². The number of allylic oxidation sites excluding steroid dienone is 6. The average molecular weight is 243 g/mol. The fraction of sp³-hybridized carbons (Fsp3) is 0.471. The molecule has 0 radical (unpaired) electrons. The molecule has 0 fully saturated rings. The lowest BCUT2D eigenvalue weighted by atomic mass is 9.95. The molecule has 1 aliphatic rings. The van der Waals surface area contributed by atoms with Crippen molar-refractivity contribution in [2.45, 2.75) is 47.1 Å². The molecule has 1 rings (SSSR count). The van der Waals surface area contributed by atoms with Gasteiger partial charge in [0, 0.05) is 5.71 Å². The molecular weight excluding hydrogens is 218 g/mol. The first kappa shape index (κ1) is 14.7. The summed E-state index contributed by atoms with van der Waals surface area (Å²) in [6, 6.07) is 0.339. The summed E-state index contributed by atoms with van der Waals surface area (Å²) < 4.78 is 0. The molecule has 0 amide bonds. The zero-order valence-electron chi connectivity index (χ0n) is 12.3. The largest absolute Gasteiger partial charge is 0.286 e. The van der Waals surface area contributed by atoms with E-state index in [0.717, 1.165) is 6.42 Å². The lowest BCUT2D eigenvalue weighted by Crippen LogP contribution is -2.14. The summed E-state index contributed by atoms with van der Waals surface area (Å²) in [6.07, 6.45) is 13.9. The van der Waals surface area contributed by atoms with Gasteiger partial charge in [0.2, 0.25) is 0 Å². The molecule has 18 heavy (non-hydrogen) atoms. The van der Waals surface area contributed by atoms with Crippen LogP contribution in [0.4, 0.5) is 0 Å². The van der Waals surface area contributed by atoms with Crippen molar-refractivity contribution < 1.29 is 0 Å². The minimum Gasteiger partial charge on any atom is -0.286 e. The van der Waals surface area contributed by atoms with E-state index < -0.39 is 0 Å². The molecule has 0 aromatic carbocycles. The summed E-state index contributed by atoms with van der Waals surface area (Å²) in [6.45, 7) is 10.7. The number of nitrogens with zero attached hydrogens (tertiary/aromatic N) is 1. The smallest absolute Gasteiger partial charge is 0.0743 e. The van der Waals surface area contributed by atoms with Crippen molar-refractivity contribution in [3.8, 4) is 0 Å². The van der Waals surface area contributed by atoms with Crippen LogP contribution in [0, 0.1) is 5.92 Å². The number of hydrogen-bond acceptors (Lipinski definition) is 1. The summed E-state index contributed by atoms with van der Waals surface area (Å²) in [5.74, 6) is 0.540. The molecular formula is C17H25N. The monoisotopic (exact) mass is 243 g/mol. The van der Waals surface area contributed by atoms with Crippen LogP contribution in [0.15, 0.2) is 52.6 Å². The van der Waals surface area contributed by atoms with Gasteiger partial charge in [0.1, 0.15) is 0 Å². The topological polar surface area (TPSA) is 12.4 Å². The Morgan fingerprint density at radius 3 is 2.67 bits per heavy atom. The predicted molar refractivity (Wildman–Crippen MR) is 82.1 cm³/mol. The Balaban J connectivity index is 2.73. The van der Waals surface area contributed by atoms with Crippen LogP contribution in [0.25, 0.3) is 0 Å². The molecule has 98 valence electrons. The van der Waals surface area contributed by atoms with E-state index in [0.29, 0.717) is 12.0 Å². The highest BCUT2D eigenvalue weighted by Crippen LogP contribution is 2.22. The molecule has 0 heterocycles. The van der Waals surface area contributed by atoms with Crippen LogP contribution in [-0.2, 0) is 0 Å². The van der Waals surface area contributed by atoms with E-state index in [9.17, 15) is 0 Å². The second-order valence-corrected chi connectivity index (χ2v) is 5.15. The molecule has 1 atom stereocenters. The second kappa shape index (κ2) is 7.15. The molecule has 0 aromatic rings. The Hall–Kier alpha value is -1.37. The fourth-order valence-corrected chi connectivity index (χ4v) is 1.79. The molecule has 0 bridgehead atoms. The van der Waals surface area contributed by atoms with Crippen LogP contribution in [0.2, 0.25) is 0 Å². The lowest BCUT2D eigenvalue weighted by molar-refractivity contribution is 0.751. The molecule has 0 N–H and O–H groups in total. The summed E-state index contributed by atoms with van der Waals surface area (Å²) in [5.41, 5.74) is 3.89. The third-order valence-corrected chi connectivity index (χ3v) is 3.28. The van der Waals surface area contributed by atoms with Crippen molar-refractivity contribution >= 4 is 5.71 Å². The maximum atomic E-state index is 4.81. The summed E-state index contributed by atoms with van der Waals surface area (Å²) in [7, 11) is 0.